The van der Waals surface area contributed by atoms with Crippen LogP contribution < -0.4 is 4.74 Å². The number of aromatic nitrogens is 4. The van der Waals surface area contributed by atoms with Gasteiger partial charge in [0.2, 0.25) is 5.88 Å². The highest BCUT2D eigenvalue weighted by molar-refractivity contribution is 5.98. The standard InChI is InChI=1S/C25H24N6O2/c1-15-4-6-21(24-27-8-3-9-28-24)23(29-15)25(32)31-13-19-10-18(19)11-20(31)14-33-22-7-5-17(12-26)16(2)30-22/h3-9,18-20H,10-11,13-14H2,1-2H3/t18-,19+,20+/m1/s1. The lowest BCUT2D eigenvalue weighted by atomic mass is 10.0. The third-order valence-corrected chi connectivity index (χ3v) is 6.42. The zero-order valence-corrected chi connectivity index (χ0v) is 18.6. The number of fused-ring (bicyclic) bond motifs is 1. The van der Waals surface area contributed by atoms with E-state index in [0.29, 0.717) is 59.2 Å². The molecule has 0 radical (unpaired) electrons. The molecule has 3 atom stereocenters. The number of ether oxygens (including phenoxy) is 1. The Hall–Kier alpha value is -3.86. The van der Waals surface area contributed by atoms with Crippen molar-refractivity contribution in [2.75, 3.05) is 13.2 Å². The number of aryl methyl sites for hydroxylation is 2. The SMILES string of the molecule is Cc1ccc(-c2ncccn2)c(C(=O)N2C[C@@H]3C[C@@H]3C[C@H]2COc2ccc(C#N)c(C)n2)n1. The normalized spacial score (nSPS) is 21.1. The average Bonchev–Trinajstić information content (AvgIpc) is 3.60. The maximum atomic E-state index is 13.8. The predicted molar refractivity (Wildman–Crippen MR) is 120 cm³/mol. The number of nitrogens with zero attached hydrogens (tertiary/aromatic N) is 6. The van der Waals surface area contributed by atoms with Crippen LogP contribution in [0.25, 0.3) is 11.4 Å². The molecule has 8 nitrogen and oxygen atoms in total. The highest BCUT2D eigenvalue weighted by Gasteiger charge is 2.47. The molecule has 1 saturated carbocycles. The summed E-state index contributed by atoms with van der Waals surface area (Å²) in [6.45, 7) is 4.70. The Labute approximate surface area is 192 Å². The molecule has 2 aliphatic rings. The van der Waals surface area contributed by atoms with Crippen molar-refractivity contribution >= 4 is 5.91 Å². The summed E-state index contributed by atoms with van der Waals surface area (Å²) in [6, 6.07) is 10.9. The van der Waals surface area contributed by atoms with E-state index in [1.807, 2.05) is 24.0 Å². The second-order valence-corrected chi connectivity index (χ2v) is 8.73. The summed E-state index contributed by atoms with van der Waals surface area (Å²) < 4.78 is 5.99. The number of carbonyl (C=O) groups is 1. The molecule has 1 aliphatic heterocycles. The fourth-order valence-electron chi connectivity index (χ4n) is 4.50. The molecule has 1 aliphatic carbocycles. The fourth-order valence-corrected chi connectivity index (χ4v) is 4.50. The summed E-state index contributed by atoms with van der Waals surface area (Å²) in [5.41, 5.74) is 2.93. The van der Waals surface area contributed by atoms with Gasteiger partial charge in [0.25, 0.3) is 5.91 Å². The number of hydrogen-bond donors (Lipinski definition) is 0. The summed E-state index contributed by atoms with van der Waals surface area (Å²) >= 11 is 0. The molecule has 0 unspecified atom stereocenters. The highest BCUT2D eigenvalue weighted by atomic mass is 16.5. The van der Waals surface area contributed by atoms with Crippen molar-refractivity contribution in [1.29, 1.82) is 5.26 Å². The van der Waals surface area contributed by atoms with Gasteiger partial charge in [-0.25, -0.2) is 19.9 Å². The van der Waals surface area contributed by atoms with Crippen LogP contribution in [0.3, 0.4) is 0 Å². The Bertz CT molecular complexity index is 1240. The first-order valence-corrected chi connectivity index (χ1v) is 11.1. The molecule has 3 aromatic heterocycles. The number of hydrogen-bond acceptors (Lipinski definition) is 7. The minimum Gasteiger partial charge on any atom is -0.475 e. The Balaban J connectivity index is 1.40. The van der Waals surface area contributed by atoms with Gasteiger partial charge < -0.3 is 9.64 Å². The smallest absolute Gasteiger partial charge is 0.273 e. The molecular weight excluding hydrogens is 416 g/mol. The minimum absolute atomic E-state index is 0.0779. The molecule has 0 bridgehead atoms. The van der Waals surface area contributed by atoms with E-state index in [0.717, 1.165) is 18.5 Å². The number of piperidine rings is 1. The number of pyridine rings is 2. The van der Waals surface area contributed by atoms with Crippen LogP contribution in [0.5, 0.6) is 5.88 Å². The van der Waals surface area contributed by atoms with Crippen LogP contribution in [0.1, 0.15) is 40.3 Å². The van der Waals surface area contributed by atoms with E-state index >= 15 is 0 Å². The van der Waals surface area contributed by atoms with Crippen LogP contribution in [-0.2, 0) is 0 Å². The number of likely N-dealkylation sites (tertiary alicyclic amines) is 1. The lowest BCUT2D eigenvalue weighted by Crippen LogP contribution is -2.48. The fraction of sp³-hybridized carbons (Fsp3) is 0.360. The quantitative estimate of drug-likeness (QED) is 0.599. The van der Waals surface area contributed by atoms with Gasteiger partial charge in [-0.1, -0.05) is 0 Å². The van der Waals surface area contributed by atoms with Gasteiger partial charge in [0.15, 0.2) is 5.82 Å². The van der Waals surface area contributed by atoms with Crippen LogP contribution >= 0.6 is 0 Å². The van der Waals surface area contributed by atoms with Crippen molar-refractivity contribution in [2.24, 2.45) is 11.8 Å². The molecule has 1 saturated heterocycles. The maximum absolute atomic E-state index is 13.8. The molecule has 3 aromatic rings. The van der Waals surface area contributed by atoms with Gasteiger partial charge in [-0.3, -0.25) is 4.79 Å². The van der Waals surface area contributed by atoms with Crippen LogP contribution in [0.15, 0.2) is 42.7 Å². The van der Waals surface area contributed by atoms with Crippen LogP contribution in [0.4, 0.5) is 0 Å². The minimum atomic E-state index is -0.121. The summed E-state index contributed by atoms with van der Waals surface area (Å²) in [5.74, 6) is 2.01. The summed E-state index contributed by atoms with van der Waals surface area (Å²) in [5, 5.41) is 9.12. The second-order valence-electron chi connectivity index (χ2n) is 8.73. The highest BCUT2D eigenvalue weighted by Crippen LogP contribution is 2.47. The van der Waals surface area contributed by atoms with Crippen LogP contribution in [0, 0.1) is 37.0 Å². The van der Waals surface area contributed by atoms with E-state index in [4.69, 9.17) is 10.00 Å². The van der Waals surface area contributed by atoms with Gasteiger partial charge in [-0.2, -0.15) is 5.26 Å². The Morgan fingerprint density at radius 1 is 1.12 bits per heavy atom. The molecule has 0 N–H and O–H groups in total. The molecule has 166 valence electrons. The molecular formula is C25H24N6O2. The molecule has 8 heteroatoms. The van der Waals surface area contributed by atoms with E-state index in [9.17, 15) is 4.79 Å². The van der Waals surface area contributed by atoms with Gasteiger partial charge in [0.05, 0.1) is 22.9 Å². The van der Waals surface area contributed by atoms with Gasteiger partial charge in [0.1, 0.15) is 18.4 Å². The molecule has 33 heavy (non-hydrogen) atoms. The van der Waals surface area contributed by atoms with Gasteiger partial charge in [-0.05, 0) is 62.8 Å². The average molecular weight is 441 g/mol. The van der Waals surface area contributed by atoms with E-state index < -0.39 is 0 Å². The molecule has 4 heterocycles. The maximum Gasteiger partial charge on any atom is 0.273 e. The Morgan fingerprint density at radius 3 is 2.70 bits per heavy atom. The first-order chi connectivity index (χ1) is 16.0. The summed E-state index contributed by atoms with van der Waals surface area (Å²) in [6.07, 6.45) is 5.36. The van der Waals surface area contributed by atoms with Crippen molar-refractivity contribution in [3.8, 4) is 23.3 Å². The van der Waals surface area contributed by atoms with Crippen LogP contribution in [0.2, 0.25) is 0 Å². The first-order valence-electron chi connectivity index (χ1n) is 11.1. The van der Waals surface area contributed by atoms with Gasteiger partial charge in [-0.15, -0.1) is 0 Å². The molecule has 0 spiro atoms. The topological polar surface area (TPSA) is 105 Å². The largest absolute Gasteiger partial charge is 0.475 e. The van der Waals surface area contributed by atoms with E-state index in [2.05, 4.69) is 26.0 Å². The van der Waals surface area contributed by atoms with Crippen molar-refractivity contribution in [1.82, 2.24) is 24.8 Å². The van der Waals surface area contributed by atoms with Crippen molar-refractivity contribution in [2.45, 2.75) is 32.7 Å². The predicted octanol–water partition coefficient (Wildman–Crippen LogP) is 3.35. The third kappa shape index (κ3) is 4.27. The molecule has 0 aromatic carbocycles. The van der Waals surface area contributed by atoms with Gasteiger partial charge in [0, 0.05) is 30.7 Å². The van der Waals surface area contributed by atoms with Gasteiger partial charge >= 0.3 is 0 Å². The number of rotatable bonds is 5. The Morgan fingerprint density at radius 2 is 1.94 bits per heavy atom. The number of carbonyl (C=O) groups excluding carboxylic acids is 1. The lowest BCUT2D eigenvalue weighted by molar-refractivity contribution is 0.0503. The zero-order valence-electron chi connectivity index (χ0n) is 18.6. The second kappa shape index (κ2) is 8.58. The van der Waals surface area contributed by atoms with E-state index in [-0.39, 0.29) is 11.9 Å². The van der Waals surface area contributed by atoms with Crippen molar-refractivity contribution in [3.05, 3.63) is 65.4 Å². The number of amides is 1. The lowest BCUT2D eigenvalue weighted by Gasteiger charge is -2.35. The molecule has 5 rings (SSSR count). The zero-order chi connectivity index (χ0) is 22.9. The van der Waals surface area contributed by atoms with Crippen molar-refractivity contribution < 1.29 is 9.53 Å². The number of nitriles is 1. The first kappa shape index (κ1) is 21.0. The third-order valence-electron chi connectivity index (χ3n) is 6.42. The van der Waals surface area contributed by atoms with E-state index in [1.165, 1.54) is 0 Å². The monoisotopic (exact) mass is 440 g/mol. The summed E-state index contributed by atoms with van der Waals surface area (Å²) in [4.78, 5) is 33.3. The Kier molecular flexibility index (Phi) is 5.47. The van der Waals surface area contributed by atoms with Crippen molar-refractivity contribution in [3.63, 3.8) is 0 Å². The molecule has 1 amide bonds. The summed E-state index contributed by atoms with van der Waals surface area (Å²) in [7, 11) is 0. The molecule has 2 fully saturated rings. The van der Waals surface area contributed by atoms with Crippen LogP contribution in [-0.4, -0.2) is 49.9 Å². The van der Waals surface area contributed by atoms with E-state index in [1.54, 1.807) is 37.5 Å².